The Hall–Kier alpha value is -1.42. The summed E-state index contributed by atoms with van der Waals surface area (Å²) in [5.41, 5.74) is 7.94. The molecule has 0 aliphatic heterocycles. The van der Waals surface area contributed by atoms with Crippen molar-refractivity contribution in [3.05, 3.63) is 17.7 Å². The lowest BCUT2D eigenvalue weighted by Gasteiger charge is -2.23. The van der Waals surface area contributed by atoms with Crippen molar-refractivity contribution in [2.45, 2.75) is 26.8 Å². The predicted molar refractivity (Wildman–Crippen MR) is 75.6 cm³/mol. The van der Waals surface area contributed by atoms with Crippen molar-refractivity contribution in [3.8, 4) is 11.5 Å². The van der Waals surface area contributed by atoms with Crippen LogP contribution in [0.3, 0.4) is 0 Å². The van der Waals surface area contributed by atoms with E-state index < -0.39 is 0 Å². The van der Waals surface area contributed by atoms with Crippen molar-refractivity contribution in [2.24, 2.45) is 11.7 Å². The van der Waals surface area contributed by atoms with Crippen molar-refractivity contribution < 1.29 is 9.47 Å². The summed E-state index contributed by atoms with van der Waals surface area (Å²) in [6, 6.07) is 4.18. The molecule has 1 atom stereocenters. The Kier molecular flexibility index (Phi) is 5.28. The summed E-state index contributed by atoms with van der Waals surface area (Å²) >= 11 is 0. The van der Waals surface area contributed by atoms with Crippen molar-refractivity contribution in [1.29, 1.82) is 0 Å². The molecule has 1 unspecified atom stereocenters. The highest BCUT2D eigenvalue weighted by atomic mass is 16.5. The van der Waals surface area contributed by atoms with Gasteiger partial charge in [-0.1, -0.05) is 13.8 Å². The summed E-state index contributed by atoms with van der Waals surface area (Å²) in [6.07, 6.45) is 0. The Morgan fingerprint density at radius 2 is 1.72 bits per heavy atom. The van der Waals surface area contributed by atoms with Gasteiger partial charge in [0.2, 0.25) is 0 Å². The molecule has 0 heterocycles. The first kappa shape index (κ1) is 14.6. The van der Waals surface area contributed by atoms with E-state index in [0.717, 1.165) is 22.7 Å². The zero-order chi connectivity index (χ0) is 13.7. The quantitative estimate of drug-likeness (QED) is 0.816. The van der Waals surface area contributed by atoms with Crippen LogP contribution >= 0.6 is 0 Å². The molecule has 0 aliphatic carbocycles. The summed E-state index contributed by atoms with van der Waals surface area (Å²) in [5.74, 6) is 1.95. The van der Waals surface area contributed by atoms with E-state index >= 15 is 0 Å². The molecule has 0 radical (unpaired) electrons. The maximum absolute atomic E-state index is 5.78. The lowest BCUT2D eigenvalue weighted by Crippen LogP contribution is -2.33. The molecule has 0 aliphatic rings. The standard InChI is InChI=1S/C14H24N2O2/c1-9(2)12(8-15)16-11-7-14(18-5)13(17-4)6-10(11)3/h6-7,9,12,16H,8,15H2,1-5H3. The van der Waals surface area contributed by atoms with Gasteiger partial charge < -0.3 is 20.5 Å². The lowest BCUT2D eigenvalue weighted by molar-refractivity contribution is 0.355. The van der Waals surface area contributed by atoms with E-state index in [1.54, 1.807) is 14.2 Å². The highest BCUT2D eigenvalue weighted by Crippen LogP contribution is 2.33. The number of hydrogen-bond donors (Lipinski definition) is 2. The maximum Gasteiger partial charge on any atom is 0.162 e. The molecule has 1 rings (SSSR count). The highest BCUT2D eigenvalue weighted by Gasteiger charge is 2.14. The first-order valence-electron chi connectivity index (χ1n) is 6.22. The third-order valence-electron chi connectivity index (χ3n) is 3.13. The molecule has 4 heteroatoms. The molecule has 0 fully saturated rings. The van der Waals surface area contributed by atoms with Crippen LogP contribution in [0, 0.1) is 12.8 Å². The fourth-order valence-corrected chi connectivity index (χ4v) is 1.83. The van der Waals surface area contributed by atoms with E-state index in [1.807, 2.05) is 19.1 Å². The van der Waals surface area contributed by atoms with E-state index in [2.05, 4.69) is 19.2 Å². The smallest absolute Gasteiger partial charge is 0.162 e. The van der Waals surface area contributed by atoms with E-state index in [4.69, 9.17) is 15.2 Å². The van der Waals surface area contributed by atoms with Crippen LogP contribution in [-0.2, 0) is 0 Å². The van der Waals surface area contributed by atoms with E-state index in [9.17, 15) is 0 Å². The van der Waals surface area contributed by atoms with Crippen LogP contribution in [0.5, 0.6) is 11.5 Å². The van der Waals surface area contributed by atoms with Gasteiger partial charge in [0.05, 0.1) is 14.2 Å². The van der Waals surface area contributed by atoms with Gasteiger partial charge in [0.1, 0.15) is 0 Å². The first-order chi connectivity index (χ1) is 8.53. The molecule has 0 saturated heterocycles. The Labute approximate surface area is 109 Å². The molecule has 0 saturated carbocycles. The third kappa shape index (κ3) is 3.29. The fourth-order valence-electron chi connectivity index (χ4n) is 1.83. The molecule has 18 heavy (non-hydrogen) atoms. The molecular weight excluding hydrogens is 228 g/mol. The SMILES string of the molecule is COc1cc(C)c(NC(CN)C(C)C)cc1OC. The molecule has 0 aromatic heterocycles. The minimum atomic E-state index is 0.252. The van der Waals surface area contributed by atoms with Crippen molar-refractivity contribution >= 4 is 5.69 Å². The molecule has 0 bridgehead atoms. The number of anilines is 1. The molecule has 1 aromatic carbocycles. The second-order valence-electron chi connectivity index (χ2n) is 4.75. The van der Waals surface area contributed by atoms with E-state index in [-0.39, 0.29) is 6.04 Å². The van der Waals surface area contributed by atoms with Crippen LogP contribution in [-0.4, -0.2) is 26.8 Å². The zero-order valence-corrected chi connectivity index (χ0v) is 11.9. The van der Waals surface area contributed by atoms with Gasteiger partial charge in [-0.25, -0.2) is 0 Å². The molecule has 0 spiro atoms. The first-order valence-corrected chi connectivity index (χ1v) is 6.22. The van der Waals surface area contributed by atoms with Gasteiger partial charge in [0, 0.05) is 24.3 Å². The summed E-state index contributed by atoms with van der Waals surface area (Å²) in [4.78, 5) is 0. The highest BCUT2D eigenvalue weighted by molar-refractivity contribution is 5.60. The number of hydrogen-bond acceptors (Lipinski definition) is 4. The fraction of sp³-hybridized carbons (Fsp3) is 0.571. The second kappa shape index (κ2) is 6.50. The number of nitrogens with one attached hydrogen (secondary N) is 1. The number of nitrogens with two attached hydrogens (primary N) is 1. The van der Waals surface area contributed by atoms with Crippen LogP contribution in [0.15, 0.2) is 12.1 Å². The third-order valence-corrected chi connectivity index (χ3v) is 3.13. The second-order valence-corrected chi connectivity index (χ2v) is 4.75. The average molecular weight is 252 g/mol. The summed E-state index contributed by atoms with van der Waals surface area (Å²) in [5, 5.41) is 3.46. The summed E-state index contributed by atoms with van der Waals surface area (Å²) < 4.78 is 10.6. The topological polar surface area (TPSA) is 56.5 Å². The minimum Gasteiger partial charge on any atom is -0.493 e. The van der Waals surface area contributed by atoms with Crippen LogP contribution < -0.4 is 20.5 Å². The van der Waals surface area contributed by atoms with E-state index in [0.29, 0.717) is 12.5 Å². The van der Waals surface area contributed by atoms with Crippen molar-refractivity contribution in [2.75, 3.05) is 26.1 Å². The number of aryl methyl sites for hydroxylation is 1. The molecule has 102 valence electrons. The van der Waals surface area contributed by atoms with Crippen molar-refractivity contribution in [1.82, 2.24) is 0 Å². The largest absolute Gasteiger partial charge is 0.493 e. The van der Waals surface area contributed by atoms with Gasteiger partial charge in [-0.15, -0.1) is 0 Å². The Balaban J connectivity index is 3.02. The Morgan fingerprint density at radius 3 is 2.17 bits per heavy atom. The van der Waals surface area contributed by atoms with Gasteiger partial charge in [-0.3, -0.25) is 0 Å². The molecule has 1 aromatic rings. The van der Waals surface area contributed by atoms with E-state index in [1.165, 1.54) is 0 Å². The van der Waals surface area contributed by atoms with Crippen LogP contribution in [0.4, 0.5) is 5.69 Å². The minimum absolute atomic E-state index is 0.252. The van der Waals surface area contributed by atoms with Gasteiger partial charge in [-0.05, 0) is 24.5 Å². The number of methoxy groups -OCH3 is 2. The Bertz CT molecular complexity index is 392. The van der Waals surface area contributed by atoms with Crippen LogP contribution in [0.25, 0.3) is 0 Å². The summed E-state index contributed by atoms with van der Waals surface area (Å²) in [7, 11) is 3.28. The molecule has 3 N–H and O–H groups in total. The maximum atomic E-state index is 5.78. The normalized spacial score (nSPS) is 12.4. The number of benzene rings is 1. The van der Waals surface area contributed by atoms with Gasteiger partial charge in [0.15, 0.2) is 11.5 Å². The average Bonchev–Trinajstić information content (AvgIpc) is 2.36. The lowest BCUT2D eigenvalue weighted by atomic mass is 10.0. The Morgan fingerprint density at radius 1 is 1.17 bits per heavy atom. The van der Waals surface area contributed by atoms with Crippen molar-refractivity contribution in [3.63, 3.8) is 0 Å². The van der Waals surface area contributed by atoms with Gasteiger partial charge >= 0.3 is 0 Å². The molecule has 0 amide bonds. The number of rotatable bonds is 6. The zero-order valence-electron chi connectivity index (χ0n) is 11.9. The molecular formula is C14H24N2O2. The summed E-state index contributed by atoms with van der Waals surface area (Å²) in [6.45, 7) is 6.95. The van der Waals surface area contributed by atoms with Gasteiger partial charge in [0.25, 0.3) is 0 Å². The monoisotopic (exact) mass is 252 g/mol. The molecule has 4 nitrogen and oxygen atoms in total. The van der Waals surface area contributed by atoms with Crippen LogP contribution in [0.2, 0.25) is 0 Å². The number of ether oxygens (including phenoxy) is 2. The van der Waals surface area contributed by atoms with Crippen LogP contribution in [0.1, 0.15) is 19.4 Å². The predicted octanol–water partition coefficient (Wildman–Crippen LogP) is 2.41. The van der Waals surface area contributed by atoms with Gasteiger partial charge in [-0.2, -0.15) is 0 Å².